The van der Waals surface area contributed by atoms with Crippen molar-refractivity contribution >= 4 is 22.5 Å². The summed E-state index contributed by atoms with van der Waals surface area (Å²) < 4.78 is 26.9. The van der Waals surface area contributed by atoms with Gasteiger partial charge >= 0.3 is 5.92 Å². The Morgan fingerprint density at radius 3 is 2.49 bits per heavy atom. The molecule has 184 valence electrons. The van der Waals surface area contributed by atoms with E-state index in [1.165, 1.54) is 6.20 Å². The van der Waals surface area contributed by atoms with Gasteiger partial charge in [-0.2, -0.15) is 8.78 Å². The first-order valence-electron chi connectivity index (χ1n) is 11.7. The van der Waals surface area contributed by atoms with Crippen LogP contribution in [0.25, 0.3) is 33.4 Å². The summed E-state index contributed by atoms with van der Waals surface area (Å²) in [7, 11) is 0. The number of halogens is 2. The lowest BCUT2D eigenvalue weighted by atomic mass is 10.0. The van der Waals surface area contributed by atoms with Crippen molar-refractivity contribution in [3.63, 3.8) is 0 Å². The van der Waals surface area contributed by atoms with Gasteiger partial charge in [0.1, 0.15) is 5.82 Å². The number of rotatable bonds is 8. The van der Waals surface area contributed by atoms with Crippen molar-refractivity contribution in [2.75, 3.05) is 5.32 Å². The number of nitrogens with one attached hydrogen (secondary N) is 1. The zero-order chi connectivity index (χ0) is 25.8. The van der Waals surface area contributed by atoms with Crippen LogP contribution in [0.5, 0.6) is 0 Å². The smallest absolute Gasteiger partial charge is 0.302 e. The Morgan fingerprint density at radius 1 is 0.919 bits per heavy atom. The molecule has 0 aliphatic rings. The van der Waals surface area contributed by atoms with Crippen molar-refractivity contribution in [2.45, 2.75) is 25.8 Å². The molecule has 5 aromatic rings. The highest BCUT2D eigenvalue weighted by Gasteiger charge is 2.31. The number of benzene rings is 2. The van der Waals surface area contributed by atoms with E-state index < -0.39 is 18.1 Å². The molecule has 0 bridgehead atoms. The highest BCUT2D eigenvalue weighted by molar-refractivity contribution is 6.02. The van der Waals surface area contributed by atoms with E-state index in [4.69, 9.17) is 9.97 Å². The van der Waals surface area contributed by atoms with Crippen molar-refractivity contribution < 1.29 is 13.6 Å². The quantitative estimate of drug-likeness (QED) is 0.279. The summed E-state index contributed by atoms with van der Waals surface area (Å²) in [5, 5.41) is 4.25. The van der Waals surface area contributed by atoms with Crippen LogP contribution >= 0.6 is 0 Å². The summed E-state index contributed by atoms with van der Waals surface area (Å²) in [6.07, 6.45) is 4.26. The van der Waals surface area contributed by atoms with Gasteiger partial charge in [0.25, 0.3) is 0 Å². The molecule has 0 radical (unpaired) electrons. The zero-order valence-electron chi connectivity index (χ0n) is 20.0. The van der Waals surface area contributed by atoms with Gasteiger partial charge in [0.05, 0.1) is 23.1 Å². The fraction of sp³-hybridized carbons (Fsp3) is 0.138. The second-order valence-corrected chi connectivity index (χ2v) is 8.71. The number of carbonyl (C=O) groups is 1. The number of Topliss-reactive ketones (excluding diaryl/α,β-unsaturated/α-hetero) is 1. The van der Waals surface area contributed by atoms with Crippen molar-refractivity contribution in [1.29, 1.82) is 0 Å². The predicted molar refractivity (Wildman–Crippen MR) is 139 cm³/mol. The maximum atomic E-state index is 13.4. The third-order valence-electron chi connectivity index (χ3n) is 5.88. The van der Waals surface area contributed by atoms with E-state index in [9.17, 15) is 13.6 Å². The number of hydrogen-bond acceptors (Lipinski definition) is 6. The molecule has 0 atom stereocenters. The van der Waals surface area contributed by atoms with Crippen LogP contribution in [-0.4, -0.2) is 31.6 Å². The molecule has 6 nitrogen and oxygen atoms in total. The Hall–Kier alpha value is -4.59. The molecular weight excluding hydrogens is 472 g/mol. The van der Waals surface area contributed by atoms with E-state index in [0.717, 1.165) is 22.2 Å². The van der Waals surface area contributed by atoms with Crippen LogP contribution in [0.1, 0.15) is 18.2 Å². The monoisotopic (exact) mass is 495 g/mol. The number of fused-ring (bicyclic) bond motifs is 1. The minimum absolute atomic E-state index is 0.367. The summed E-state index contributed by atoms with van der Waals surface area (Å²) in [4.78, 5) is 30.0. The molecule has 0 aliphatic heterocycles. The van der Waals surface area contributed by atoms with Crippen LogP contribution in [-0.2, 0) is 17.8 Å². The standard InChI is InChI=1S/C29H23F2N5O/c1-29(30,31)25(37)15-19-14-21(17-32-16-19)27-35-24-12-7-11-23(20-8-3-2-4-9-20)26(24)28(36-27)34-18-22-10-5-6-13-33-22/h2-14,16-17H,15,18H2,1H3,(H,34,35,36). The molecule has 3 heterocycles. The van der Waals surface area contributed by atoms with E-state index in [1.807, 2.05) is 66.7 Å². The molecule has 5 rings (SSSR count). The number of anilines is 1. The van der Waals surface area contributed by atoms with Gasteiger partial charge in [-0.1, -0.05) is 48.5 Å². The Kier molecular flexibility index (Phi) is 6.64. The van der Waals surface area contributed by atoms with E-state index in [-0.39, 0.29) is 0 Å². The van der Waals surface area contributed by atoms with Crippen molar-refractivity contribution in [2.24, 2.45) is 0 Å². The maximum absolute atomic E-state index is 13.4. The topological polar surface area (TPSA) is 80.7 Å². The van der Waals surface area contributed by atoms with Gasteiger partial charge < -0.3 is 5.32 Å². The van der Waals surface area contributed by atoms with Crippen molar-refractivity contribution in [3.8, 4) is 22.5 Å². The van der Waals surface area contributed by atoms with Crippen LogP contribution in [0.4, 0.5) is 14.6 Å². The summed E-state index contributed by atoms with van der Waals surface area (Å²) in [6, 6.07) is 23.1. The first-order chi connectivity index (χ1) is 17.9. The lowest BCUT2D eigenvalue weighted by Gasteiger charge is -2.15. The molecule has 2 aromatic carbocycles. The fourth-order valence-corrected chi connectivity index (χ4v) is 4.02. The molecule has 0 aliphatic carbocycles. The summed E-state index contributed by atoms with van der Waals surface area (Å²) in [5.74, 6) is -3.61. The molecule has 0 spiro atoms. The van der Waals surface area contributed by atoms with Crippen molar-refractivity contribution in [1.82, 2.24) is 19.9 Å². The average molecular weight is 496 g/mol. The first kappa shape index (κ1) is 24.1. The molecule has 3 aromatic heterocycles. The van der Waals surface area contributed by atoms with Crippen LogP contribution in [0, 0.1) is 0 Å². The van der Waals surface area contributed by atoms with Crippen LogP contribution in [0.3, 0.4) is 0 Å². The van der Waals surface area contributed by atoms with E-state index in [1.54, 1.807) is 18.5 Å². The Balaban J connectivity index is 1.60. The molecule has 37 heavy (non-hydrogen) atoms. The van der Waals surface area contributed by atoms with Gasteiger partial charge in [-0.15, -0.1) is 0 Å². The maximum Gasteiger partial charge on any atom is 0.302 e. The number of ketones is 1. The van der Waals surface area contributed by atoms with Crippen LogP contribution in [0.2, 0.25) is 0 Å². The molecule has 8 heteroatoms. The van der Waals surface area contributed by atoms with Gasteiger partial charge in [0.2, 0.25) is 5.78 Å². The number of aromatic nitrogens is 4. The molecule has 1 N–H and O–H groups in total. The second-order valence-electron chi connectivity index (χ2n) is 8.71. The Bertz CT molecular complexity index is 1550. The summed E-state index contributed by atoms with van der Waals surface area (Å²) in [6.45, 7) is 1.04. The third-order valence-corrected chi connectivity index (χ3v) is 5.88. The lowest BCUT2D eigenvalue weighted by molar-refractivity contribution is -0.139. The number of pyridine rings is 2. The van der Waals surface area contributed by atoms with Gasteiger partial charge in [0, 0.05) is 37.5 Å². The molecule has 0 saturated heterocycles. The Labute approximate surface area is 212 Å². The van der Waals surface area contributed by atoms with Gasteiger partial charge in [-0.3, -0.25) is 14.8 Å². The van der Waals surface area contributed by atoms with E-state index in [2.05, 4.69) is 15.3 Å². The molecular formula is C29H23F2N5O. The van der Waals surface area contributed by atoms with Gasteiger partial charge in [-0.05, 0) is 41.0 Å². The molecule has 0 fully saturated rings. The Morgan fingerprint density at radius 2 is 1.73 bits per heavy atom. The minimum Gasteiger partial charge on any atom is -0.364 e. The lowest BCUT2D eigenvalue weighted by Crippen LogP contribution is -2.26. The van der Waals surface area contributed by atoms with Crippen LogP contribution < -0.4 is 5.32 Å². The second kappa shape index (κ2) is 10.2. The highest BCUT2D eigenvalue weighted by Crippen LogP contribution is 2.34. The molecule has 0 unspecified atom stereocenters. The summed E-state index contributed by atoms with van der Waals surface area (Å²) >= 11 is 0. The average Bonchev–Trinajstić information content (AvgIpc) is 2.92. The van der Waals surface area contributed by atoms with E-state index >= 15 is 0 Å². The molecule has 0 amide bonds. The summed E-state index contributed by atoms with van der Waals surface area (Å²) in [5.41, 5.74) is 4.43. The SMILES string of the molecule is CC(F)(F)C(=O)Cc1cncc(-c2nc(NCc3ccccn3)c3c(-c4ccccc4)cccc3n2)c1. The number of nitrogens with zero attached hydrogens (tertiary/aromatic N) is 4. The third kappa shape index (κ3) is 5.48. The fourth-order valence-electron chi connectivity index (χ4n) is 4.02. The minimum atomic E-state index is -3.41. The number of hydrogen-bond donors (Lipinski definition) is 1. The number of alkyl halides is 2. The normalized spacial score (nSPS) is 11.4. The van der Waals surface area contributed by atoms with Gasteiger partial charge in [0.15, 0.2) is 5.82 Å². The van der Waals surface area contributed by atoms with Gasteiger partial charge in [-0.25, -0.2) is 9.97 Å². The predicted octanol–water partition coefficient (Wildman–Crippen LogP) is 6.13. The van der Waals surface area contributed by atoms with Crippen LogP contribution in [0.15, 0.2) is 91.4 Å². The zero-order valence-corrected chi connectivity index (χ0v) is 20.0. The number of carbonyl (C=O) groups excluding carboxylic acids is 1. The first-order valence-corrected chi connectivity index (χ1v) is 11.7. The highest BCUT2D eigenvalue weighted by atomic mass is 19.3. The van der Waals surface area contributed by atoms with E-state index in [0.29, 0.717) is 41.8 Å². The van der Waals surface area contributed by atoms with Crippen molar-refractivity contribution in [3.05, 3.63) is 103 Å². The molecule has 0 saturated carbocycles. The largest absolute Gasteiger partial charge is 0.364 e.